The molecule has 0 radical (unpaired) electrons. The van der Waals surface area contributed by atoms with Crippen LogP contribution in [0.4, 0.5) is 5.69 Å². The average molecular weight is 433 g/mol. The highest BCUT2D eigenvalue weighted by molar-refractivity contribution is 5.96. The molecule has 4 aromatic rings. The van der Waals surface area contributed by atoms with Crippen LogP contribution in [0.2, 0.25) is 0 Å². The second kappa shape index (κ2) is 7.42. The van der Waals surface area contributed by atoms with Crippen molar-refractivity contribution in [3.05, 3.63) is 106 Å². The van der Waals surface area contributed by atoms with Gasteiger partial charge in [-0.2, -0.15) is 4.57 Å². The van der Waals surface area contributed by atoms with Gasteiger partial charge in [0, 0.05) is 28.1 Å². The Morgan fingerprint density at radius 1 is 0.818 bits per heavy atom. The maximum atomic E-state index is 7.94. The Bertz CT molecular complexity index is 1570. The van der Waals surface area contributed by atoms with Gasteiger partial charge in [-0.1, -0.05) is 68.4 Å². The average Bonchev–Trinajstić information content (AvgIpc) is 3.07. The van der Waals surface area contributed by atoms with Crippen molar-refractivity contribution in [3.8, 4) is 33.5 Å². The highest BCUT2D eigenvalue weighted by Gasteiger charge is 2.42. The van der Waals surface area contributed by atoms with Gasteiger partial charge in [0.25, 0.3) is 0 Å². The number of benzene rings is 3. The fraction of sp³-hybridized carbons (Fsp3) is 0.226. The van der Waals surface area contributed by atoms with Crippen LogP contribution in [0.3, 0.4) is 0 Å². The van der Waals surface area contributed by atoms with Gasteiger partial charge in [0.2, 0.25) is 5.69 Å². The number of nitrogens with zero attached hydrogens (tertiary/aromatic N) is 2. The molecule has 1 aliphatic rings. The van der Waals surface area contributed by atoms with Crippen LogP contribution in [0.15, 0.2) is 66.7 Å². The first-order valence-corrected chi connectivity index (χ1v) is 11.2. The lowest BCUT2D eigenvalue weighted by Crippen LogP contribution is -2.36. The normalized spacial score (nSPS) is 15.1. The second-order valence-corrected chi connectivity index (χ2v) is 9.44. The van der Waals surface area contributed by atoms with E-state index in [0.29, 0.717) is 11.3 Å². The van der Waals surface area contributed by atoms with E-state index in [9.17, 15) is 0 Å². The van der Waals surface area contributed by atoms with E-state index in [0.717, 1.165) is 39.2 Å². The largest absolute Gasteiger partial charge is 0.238 e. The monoisotopic (exact) mass is 432 g/mol. The first kappa shape index (κ1) is 17.8. The highest BCUT2D eigenvalue weighted by atomic mass is 14.9. The van der Waals surface area contributed by atoms with Gasteiger partial charge in [-0.3, -0.25) is 0 Å². The summed E-state index contributed by atoms with van der Waals surface area (Å²) < 4.78 is 25.8. The minimum atomic E-state index is -2.16. The van der Waals surface area contributed by atoms with Crippen molar-refractivity contribution in [1.82, 2.24) is 0 Å². The Kier molecular flexibility index (Phi) is 4.01. The summed E-state index contributed by atoms with van der Waals surface area (Å²) >= 11 is 0. The molecule has 0 saturated carbocycles. The van der Waals surface area contributed by atoms with Crippen molar-refractivity contribution in [2.24, 2.45) is 7.05 Å². The number of pyridine rings is 1. The molecule has 3 aromatic carbocycles. The molecule has 0 spiro atoms. The topological polar surface area (TPSA) is 8.24 Å². The molecule has 0 fully saturated rings. The molecule has 0 bridgehead atoms. The Morgan fingerprint density at radius 2 is 1.45 bits per heavy atom. The van der Waals surface area contributed by atoms with E-state index < -0.39 is 6.85 Å². The molecule has 0 unspecified atom stereocenters. The zero-order chi connectivity index (χ0) is 26.0. The number of aryl methyl sites for hydroxylation is 2. The number of fused-ring (bicyclic) bond motifs is 3. The molecule has 162 valence electrons. The molecular weight excluding hydrogens is 400 g/mol. The van der Waals surface area contributed by atoms with Crippen molar-refractivity contribution >= 4 is 5.69 Å². The summed E-state index contributed by atoms with van der Waals surface area (Å²) in [4.78, 5) is 3.90. The van der Waals surface area contributed by atoms with Gasteiger partial charge in [-0.15, -0.1) is 0 Å². The van der Waals surface area contributed by atoms with Crippen molar-refractivity contribution in [2.45, 2.75) is 40.0 Å². The predicted molar refractivity (Wildman–Crippen MR) is 137 cm³/mol. The Morgan fingerprint density at radius 3 is 2.12 bits per heavy atom. The summed E-state index contributed by atoms with van der Waals surface area (Å²) in [7, 11) is 1.94. The molecule has 5 rings (SSSR count). The Hall–Kier alpha value is -3.70. The highest BCUT2D eigenvalue weighted by Crippen LogP contribution is 2.57. The van der Waals surface area contributed by atoms with Crippen LogP contribution >= 0.6 is 0 Å². The van der Waals surface area contributed by atoms with E-state index in [-0.39, 0.29) is 5.41 Å². The number of aromatic nitrogens is 1. The molecule has 0 atom stereocenters. The van der Waals surface area contributed by atoms with Crippen molar-refractivity contribution in [2.75, 3.05) is 0 Å². The standard InChI is InChI=1S/C31H29N2/c1-19-14-18-26(33(7)21(19)3)27-20(2)13-15-23-24-16-17-25(32-6)28(22-11-9-8-10-12-22)30(24)31(4,5)29(23)27/h8-18H,1-5,7H3/q+1/i1D3. The number of hydrogen-bond donors (Lipinski definition) is 0. The molecule has 1 heterocycles. The third-order valence-electron chi connectivity index (χ3n) is 7.24. The summed E-state index contributed by atoms with van der Waals surface area (Å²) in [6.45, 7) is 14.2. The van der Waals surface area contributed by atoms with E-state index in [1.54, 1.807) is 6.07 Å². The molecule has 0 amide bonds. The van der Waals surface area contributed by atoms with Crippen LogP contribution in [0.1, 0.15) is 45.9 Å². The van der Waals surface area contributed by atoms with E-state index in [4.69, 9.17) is 10.7 Å². The first-order chi connectivity index (χ1) is 17.0. The fourth-order valence-electron chi connectivity index (χ4n) is 5.50. The van der Waals surface area contributed by atoms with E-state index in [1.165, 1.54) is 16.7 Å². The quantitative estimate of drug-likeness (QED) is 0.227. The summed E-state index contributed by atoms with van der Waals surface area (Å²) in [6.07, 6.45) is 0. The molecule has 0 N–H and O–H groups in total. The fourth-order valence-corrected chi connectivity index (χ4v) is 5.50. The molecule has 1 aliphatic carbocycles. The molecule has 2 nitrogen and oxygen atoms in total. The summed E-state index contributed by atoms with van der Waals surface area (Å²) in [5, 5.41) is 0. The summed E-state index contributed by atoms with van der Waals surface area (Å²) in [6, 6.07) is 22.2. The van der Waals surface area contributed by atoms with Crippen LogP contribution in [-0.4, -0.2) is 0 Å². The lowest BCUT2D eigenvalue weighted by molar-refractivity contribution is -0.667. The van der Waals surface area contributed by atoms with Gasteiger partial charge in [0.15, 0.2) is 11.4 Å². The van der Waals surface area contributed by atoms with Crippen LogP contribution in [0.5, 0.6) is 0 Å². The predicted octanol–water partition coefficient (Wildman–Crippen LogP) is 7.63. The van der Waals surface area contributed by atoms with Crippen molar-refractivity contribution in [3.63, 3.8) is 0 Å². The molecule has 33 heavy (non-hydrogen) atoms. The third-order valence-corrected chi connectivity index (χ3v) is 7.24. The first-order valence-electron chi connectivity index (χ1n) is 12.7. The lowest BCUT2D eigenvalue weighted by atomic mass is 9.75. The van der Waals surface area contributed by atoms with Gasteiger partial charge in [0.1, 0.15) is 7.05 Å². The van der Waals surface area contributed by atoms with Crippen LogP contribution < -0.4 is 4.57 Å². The molecule has 2 heteroatoms. The maximum absolute atomic E-state index is 7.94. The van der Waals surface area contributed by atoms with Gasteiger partial charge in [-0.05, 0) is 58.8 Å². The number of hydrogen-bond acceptors (Lipinski definition) is 0. The minimum absolute atomic E-state index is 0.370. The van der Waals surface area contributed by atoms with Gasteiger partial charge in [-0.25, -0.2) is 4.85 Å². The molecule has 0 aliphatic heterocycles. The molecule has 0 saturated heterocycles. The van der Waals surface area contributed by atoms with Gasteiger partial charge in [0.05, 0.1) is 12.1 Å². The van der Waals surface area contributed by atoms with E-state index in [2.05, 4.69) is 55.9 Å². The minimum Gasteiger partial charge on any atom is -0.238 e. The smallest absolute Gasteiger partial charge is 0.213 e. The number of rotatable bonds is 2. The Balaban J connectivity index is 1.84. The SMILES string of the molecule is [2H]C([2H])([2H])c1ccc(-c2c(C)ccc3c2C(C)(C)c2c-3ccc([N+]#[C-])c2-c2ccccc2)[n+](C)c1C. The van der Waals surface area contributed by atoms with Gasteiger partial charge >= 0.3 is 0 Å². The van der Waals surface area contributed by atoms with Gasteiger partial charge < -0.3 is 0 Å². The zero-order valence-corrected chi connectivity index (χ0v) is 19.7. The van der Waals surface area contributed by atoms with Crippen molar-refractivity contribution in [1.29, 1.82) is 0 Å². The maximum Gasteiger partial charge on any atom is 0.213 e. The second-order valence-electron chi connectivity index (χ2n) is 9.44. The van der Waals surface area contributed by atoms with Crippen LogP contribution in [0.25, 0.3) is 38.4 Å². The summed E-state index contributed by atoms with van der Waals surface area (Å²) in [5.74, 6) is 0. The molecule has 1 aromatic heterocycles. The van der Waals surface area contributed by atoms with E-state index >= 15 is 0 Å². The lowest BCUT2D eigenvalue weighted by Gasteiger charge is -2.27. The van der Waals surface area contributed by atoms with E-state index in [1.807, 2.05) is 48.9 Å². The Labute approximate surface area is 201 Å². The van der Waals surface area contributed by atoms with Crippen LogP contribution in [-0.2, 0) is 12.5 Å². The third kappa shape index (κ3) is 2.96. The molecular formula is C31H29N2+. The summed E-state index contributed by atoms with van der Waals surface area (Å²) in [5.41, 5.74) is 11.4. The zero-order valence-electron chi connectivity index (χ0n) is 22.7. The van der Waals surface area contributed by atoms with Crippen LogP contribution in [0, 0.1) is 27.3 Å². The van der Waals surface area contributed by atoms with Crippen molar-refractivity contribution < 1.29 is 8.68 Å².